The second-order valence-corrected chi connectivity index (χ2v) is 3.19. The summed E-state index contributed by atoms with van der Waals surface area (Å²) in [6.07, 6.45) is -0.0514. The molecule has 1 aromatic carbocycles. The van der Waals surface area contributed by atoms with Crippen LogP contribution in [-0.2, 0) is 4.74 Å². The Labute approximate surface area is 84.8 Å². The summed E-state index contributed by atoms with van der Waals surface area (Å²) < 4.78 is 10.5. The Hall–Kier alpha value is -1.06. The molecule has 0 aliphatic carbocycles. The van der Waals surface area contributed by atoms with E-state index in [4.69, 9.17) is 15.2 Å². The molecule has 0 amide bonds. The molecule has 0 heterocycles. The fourth-order valence-corrected chi connectivity index (χ4v) is 1.41. The number of hydrogen-bond donors (Lipinski definition) is 1. The Bertz CT molecular complexity index is 295. The molecule has 0 radical (unpaired) electrons. The van der Waals surface area contributed by atoms with Crippen LogP contribution in [0.1, 0.15) is 17.2 Å². The lowest BCUT2D eigenvalue weighted by Gasteiger charge is -2.15. The van der Waals surface area contributed by atoms with Gasteiger partial charge in [-0.15, -0.1) is 0 Å². The third-order valence-corrected chi connectivity index (χ3v) is 2.30. The number of hydrogen-bond acceptors (Lipinski definition) is 3. The zero-order valence-corrected chi connectivity index (χ0v) is 8.91. The summed E-state index contributed by atoms with van der Waals surface area (Å²) in [4.78, 5) is 0. The van der Waals surface area contributed by atoms with Crippen LogP contribution in [0.3, 0.4) is 0 Å². The maximum atomic E-state index is 5.58. The second kappa shape index (κ2) is 4.98. The van der Waals surface area contributed by atoms with E-state index in [1.165, 1.54) is 0 Å². The summed E-state index contributed by atoms with van der Waals surface area (Å²) in [6, 6.07) is 5.99. The van der Waals surface area contributed by atoms with Gasteiger partial charge in [0.05, 0.1) is 13.2 Å². The molecule has 0 saturated heterocycles. The summed E-state index contributed by atoms with van der Waals surface area (Å²) in [5.74, 6) is 0.873. The Morgan fingerprint density at radius 2 is 2.07 bits per heavy atom. The van der Waals surface area contributed by atoms with Crippen molar-refractivity contribution in [3.63, 3.8) is 0 Å². The molecule has 3 heteroatoms. The Morgan fingerprint density at radius 3 is 2.57 bits per heavy atom. The van der Waals surface area contributed by atoms with E-state index in [-0.39, 0.29) is 6.10 Å². The molecule has 0 aliphatic heterocycles. The van der Waals surface area contributed by atoms with E-state index in [9.17, 15) is 0 Å². The van der Waals surface area contributed by atoms with E-state index in [2.05, 4.69) is 0 Å². The average molecular weight is 195 g/mol. The molecular formula is C11H17NO2. The van der Waals surface area contributed by atoms with Crippen molar-refractivity contribution >= 4 is 0 Å². The van der Waals surface area contributed by atoms with Crippen LogP contribution in [0.4, 0.5) is 0 Å². The van der Waals surface area contributed by atoms with Crippen LogP contribution in [0.5, 0.6) is 5.75 Å². The van der Waals surface area contributed by atoms with Gasteiger partial charge in [-0.3, -0.25) is 0 Å². The van der Waals surface area contributed by atoms with Gasteiger partial charge in [-0.05, 0) is 24.1 Å². The monoisotopic (exact) mass is 195 g/mol. The number of aryl methyl sites for hydroxylation is 1. The highest BCUT2D eigenvalue weighted by atomic mass is 16.5. The van der Waals surface area contributed by atoms with E-state index in [0.29, 0.717) is 6.54 Å². The van der Waals surface area contributed by atoms with Crippen molar-refractivity contribution < 1.29 is 9.47 Å². The Morgan fingerprint density at radius 1 is 1.36 bits per heavy atom. The number of benzene rings is 1. The molecule has 0 unspecified atom stereocenters. The molecule has 1 atom stereocenters. The van der Waals surface area contributed by atoms with Crippen molar-refractivity contribution in [2.45, 2.75) is 13.0 Å². The van der Waals surface area contributed by atoms with Gasteiger partial charge in [0, 0.05) is 13.7 Å². The smallest absolute Gasteiger partial charge is 0.122 e. The molecule has 0 bridgehead atoms. The molecule has 0 aliphatic rings. The van der Waals surface area contributed by atoms with E-state index in [1.807, 2.05) is 25.1 Å². The molecule has 14 heavy (non-hydrogen) atoms. The van der Waals surface area contributed by atoms with Crippen molar-refractivity contribution in [1.82, 2.24) is 0 Å². The van der Waals surface area contributed by atoms with Crippen LogP contribution in [0.15, 0.2) is 18.2 Å². The van der Waals surface area contributed by atoms with Crippen LogP contribution in [0, 0.1) is 6.92 Å². The Balaban J connectivity index is 2.98. The number of methoxy groups -OCH3 is 2. The highest BCUT2D eigenvalue weighted by Crippen LogP contribution is 2.24. The third kappa shape index (κ3) is 2.25. The fraction of sp³-hybridized carbons (Fsp3) is 0.455. The molecular weight excluding hydrogens is 178 g/mol. The van der Waals surface area contributed by atoms with E-state index in [1.54, 1.807) is 14.2 Å². The average Bonchev–Trinajstić information content (AvgIpc) is 2.22. The fourth-order valence-electron chi connectivity index (χ4n) is 1.41. The van der Waals surface area contributed by atoms with E-state index < -0.39 is 0 Å². The first-order valence-electron chi connectivity index (χ1n) is 4.60. The molecule has 0 saturated carbocycles. The number of nitrogens with two attached hydrogens (primary N) is 1. The second-order valence-electron chi connectivity index (χ2n) is 3.19. The maximum absolute atomic E-state index is 5.58. The summed E-state index contributed by atoms with van der Waals surface area (Å²) in [6.45, 7) is 2.48. The first-order chi connectivity index (χ1) is 6.72. The topological polar surface area (TPSA) is 44.5 Å². The highest BCUT2D eigenvalue weighted by Gasteiger charge is 2.09. The predicted molar refractivity (Wildman–Crippen MR) is 56.5 cm³/mol. The predicted octanol–water partition coefficient (Wildman–Crippen LogP) is 1.65. The van der Waals surface area contributed by atoms with Crippen LogP contribution < -0.4 is 10.5 Å². The minimum atomic E-state index is -0.0514. The molecule has 0 spiro atoms. The standard InChI is InChI=1S/C11H17NO2/c1-8-4-5-9(6-10(8)13-2)11(7-12)14-3/h4-6,11H,7,12H2,1-3H3/t11-/m0/s1. The third-order valence-electron chi connectivity index (χ3n) is 2.30. The minimum absolute atomic E-state index is 0.0514. The first-order valence-corrected chi connectivity index (χ1v) is 4.60. The van der Waals surface area contributed by atoms with Crippen LogP contribution in [-0.4, -0.2) is 20.8 Å². The van der Waals surface area contributed by atoms with Crippen molar-refractivity contribution in [2.75, 3.05) is 20.8 Å². The van der Waals surface area contributed by atoms with Crippen LogP contribution in [0.25, 0.3) is 0 Å². The van der Waals surface area contributed by atoms with Gasteiger partial charge in [-0.2, -0.15) is 0 Å². The SMILES string of the molecule is COc1cc([C@H](CN)OC)ccc1C. The molecule has 1 aromatic rings. The van der Waals surface area contributed by atoms with Gasteiger partial charge in [-0.25, -0.2) is 0 Å². The van der Waals surface area contributed by atoms with Gasteiger partial charge in [0.2, 0.25) is 0 Å². The highest BCUT2D eigenvalue weighted by molar-refractivity contribution is 5.37. The normalized spacial score (nSPS) is 12.6. The van der Waals surface area contributed by atoms with Crippen molar-refractivity contribution in [3.8, 4) is 5.75 Å². The minimum Gasteiger partial charge on any atom is -0.496 e. The van der Waals surface area contributed by atoms with Crippen molar-refractivity contribution in [1.29, 1.82) is 0 Å². The lowest BCUT2D eigenvalue weighted by Crippen LogP contribution is -2.14. The lowest BCUT2D eigenvalue weighted by atomic mass is 10.1. The van der Waals surface area contributed by atoms with Crippen LogP contribution in [0.2, 0.25) is 0 Å². The van der Waals surface area contributed by atoms with Gasteiger partial charge in [0.1, 0.15) is 5.75 Å². The summed E-state index contributed by atoms with van der Waals surface area (Å²) in [5.41, 5.74) is 7.75. The summed E-state index contributed by atoms with van der Waals surface area (Å²) >= 11 is 0. The van der Waals surface area contributed by atoms with Gasteiger partial charge in [0.15, 0.2) is 0 Å². The maximum Gasteiger partial charge on any atom is 0.122 e. The summed E-state index contributed by atoms with van der Waals surface area (Å²) in [7, 11) is 3.32. The zero-order chi connectivity index (χ0) is 10.6. The molecule has 78 valence electrons. The molecule has 3 nitrogen and oxygen atoms in total. The first kappa shape index (κ1) is 11.0. The summed E-state index contributed by atoms with van der Waals surface area (Å²) in [5, 5.41) is 0. The van der Waals surface area contributed by atoms with E-state index >= 15 is 0 Å². The largest absolute Gasteiger partial charge is 0.496 e. The molecule has 2 N–H and O–H groups in total. The number of ether oxygens (including phenoxy) is 2. The molecule has 0 aromatic heterocycles. The molecule has 0 fully saturated rings. The Kier molecular flexibility index (Phi) is 3.92. The molecule has 1 rings (SSSR count). The van der Waals surface area contributed by atoms with E-state index in [0.717, 1.165) is 16.9 Å². The lowest BCUT2D eigenvalue weighted by molar-refractivity contribution is 0.110. The van der Waals surface area contributed by atoms with Crippen molar-refractivity contribution in [3.05, 3.63) is 29.3 Å². The van der Waals surface area contributed by atoms with Gasteiger partial charge in [-0.1, -0.05) is 12.1 Å². The zero-order valence-electron chi connectivity index (χ0n) is 8.91. The number of rotatable bonds is 4. The van der Waals surface area contributed by atoms with Gasteiger partial charge < -0.3 is 15.2 Å². The van der Waals surface area contributed by atoms with Gasteiger partial charge >= 0.3 is 0 Å². The van der Waals surface area contributed by atoms with Crippen LogP contribution >= 0.6 is 0 Å². The van der Waals surface area contributed by atoms with Crippen molar-refractivity contribution in [2.24, 2.45) is 5.73 Å². The quantitative estimate of drug-likeness (QED) is 0.794. The van der Waals surface area contributed by atoms with Gasteiger partial charge in [0.25, 0.3) is 0 Å².